The Morgan fingerprint density at radius 1 is 1.33 bits per heavy atom. The molecule has 21 heavy (non-hydrogen) atoms. The Morgan fingerprint density at radius 3 is 2.95 bits per heavy atom. The molecule has 0 aliphatic heterocycles. The maximum Gasteiger partial charge on any atom is 0.147 e. The summed E-state index contributed by atoms with van der Waals surface area (Å²) in [5.74, 6) is -0.424. The van der Waals surface area contributed by atoms with Gasteiger partial charge in [-0.25, -0.2) is 4.39 Å². The van der Waals surface area contributed by atoms with Gasteiger partial charge in [-0.05, 0) is 31.2 Å². The summed E-state index contributed by atoms with van der Waals surface area (Å²) in [5.41, 5.74) is 0.795. The van der Waals surface area contributed by atoms with Gasteiger partial charge in [0.25, 0.3) is 0 Å². The van der Waals surface area contributed by atoms with Gasteiger partial charge in [0.1, 0.15) is 15.8 Å². The number of ether oxygens (including phenoxy) is 1. The van der Waals surface area contributed by atoms with E-state index in [1.54, 1.807) is 19.2 Å². The minimum absolute atomic E-state index is 0.103. The summed E-state index contributed by atoms with van der Waals surface area (Å²) in [6.07, 6.45) is 1.86. The smallest absolute Gasteiger partial charge is 0.147 e. The van der Waals surface area contributed by atoms with Crippen LogP contribution >= 0.6 is 22.9 Å². The molecular weight excluding hydrogens is 313 g/mol. The van der Waals surface area contributed by atoms with Crippen molar-refractivity contribution in [3.05, 3.63) is 34.0 Å². The Balaban J connectivity index is 1.85. The lowest BCUT2D eigenvalue weighted by molar-refractivity contribution is 0.199. The summed E-state index contributed by atoms with van der Waals surface area (Å²) in [4.78, 5) is 0. The zero-order valence-corrected chi connectivity index (χ0v) is 13.3. The predicted octanol–water partition coefficient (Wildman–Crippen LogP) is 3.17. The van der Waals surface area contributed by atoms with E-state index in [-0.39, 0.29) is 5.02 Å². The van der Waals surface area contributed by atoms with Crippen molar-refractivity contribution >= 4 is 22.9 Å². The van der Waals surface area contributed by atoms with Crippen molar-refractivity contribution < 1.29 is 9.13 Å². The number of methoxy groups -OCH3 is 1. The SMILES string of the molecule is COCCNCCCc1nnc(-c2ccc(F)c(Cl)c2)s1. The first-order valence-electron chi connectivity index (χ1n) is 6.68. The second-order valence-electron chi connectivity index (χ2n) is 4.48. The molecule has 114 valence electrons. The molecule has 1 N–H and O–H groups in total. The third-order valence-electron chi connectivity index (χ3n) is 2.86. The average molecular weight is 330 g/mol. The van der Waals surface area contributed by atoms with Crippen LogP contribution in [0.5, 0.6) is 0 Å². The summed E-state index contributed by atoms with van der Waals surface area (Å²) < 4.78 is 18.1. The van der Waals surface area contributed by atoms with Crippen molar-refractivity contribution in [1.29, 1.82) is 0 Å². The van der Waals surface area contributed by atoms with Gasteiger partial charge in [0.15, 0.2) is 0 Å². The van der Waals surface area contributed by atoms with Crippen LogP contribution in [-0.2, 0) is 11.2 Å². The molecule has 2 rings (SSSR count). The molecule has 0 amide bonds. The molecule has 0 aliphatic rings. The Kier molecular flexibility index (Phi) is 6.50. The highest BCUT2D eigenvalue weighted by Gasteiger charge is 2.09. The van der Waals surface area contributed by atoms with Crippen molar-refractivity contribution in [1.82, 2.24) is 15.5 Å². The highest BCUT2D eigenvalue weighted by atomic mass is 35.5. The minimum Gasteiger partial charge on any atom is -0.383 e. The maximum atomic E-state index is 13.1. The van der Waals surface area contributed by atoms with E-state index in [9.17, 15) is 4.39 Å². The zero-order chi connectivity index (χ0) is 15.1. The normalized spacial score (nSPS) is 11.0. The predicted molar refractivity (Wildman–Crippen MR) is 83.4 cm³/mol. The second kappa shape index (κ2) is 8.38. The number of aryl methyl sites for hydroxylation is 1. The van der Waals surface area contributed by atoms with Gasteiger partial charge in [-0.1, -0.05) is 22.9 Å². The highest BCUT2D eigenvalue weighted by Crippen LogP contribution is 2.27. The fourth-order valence-corrected chi connectivity index (χ4v) is 2.82. The number of rotatable bonds is 8. The van der Waals surface area contributed by atoms with Gasteiger partial charge in [-0.15, -0.1) is 10.2 Å². The van der Waals surface area contributed by atoms with E-state index in [0.29, 0.717) is 6.61 Å². The average Bonchev–Trinajstić information content (AvgIpc) is 2.94. The first-order valence-corrected chi connectivity index (χ1v) is 7.87. The van der Waals surface area contributed by atoms with Crippen molar-refractivity contribution in [3.8, 4) is 10.6 Å². The van der Waals surface area contributed by atoms with Gasteiger partial charge in [-0.2, -0.15) is 0 Å². The van der Waals surface area contributed by atoms with Gasteiger partial charge in [0, 0.05) is 25.6 Å². The van der Waals surface area contributed by atoms with Crippen LogP contribution in [0.15, 0.2) is 18.2 Å². The molecule has 4 nitrogen and oxygen atoms in total. The summed E-state index contributed by atoms with van der Waals surface area (Å²) in [6, 6.07) is 4.59. The lowest BCUT2D eigenvalue weighted by atomic mass is 10.2. The van der Waals surface area contributed by atoms with Crippen LogP contribution in [0, 0.1) is 5.82 Å². The fourth-order valence-electron chi connectivity index (χ4n) is 1.76. The van der Waals surface area contributed by atoms with Crippen molar-refractivity contribution in [2.75, 3.05) is 26.8 Å². The van der Waals surface area contributed by atoms with Crippen LogP contribution < -0.4 is 5.32 Å². The third-order valence-corrected chi connectivity index (χ3v) is 4.18. The molecule has 0 saturated heterocycles. The number of nitrogens with zero attached hydrogens (tertiary/aromatic N) is 2. The molecule has 7 heteroatoms. The number of nitrogens with one attached hydrogen (secondary N) is 1. The molecule has 0 unspecified atom stereocenters. The number of aromatic nitrogens is 2. The van der Waals surface area contributed by atoms with E-state index in [1.165, 1.54) is 17.4 Å². The zero-order valence-electron chi connectivity index (χ0n) is 11.7. The van der Waals surface area contributed by atoms with Crippen LogP contribution in [-0.4, -0.2) is 37.0 Å². The number of hydrogen-bond acceptors (Lipinski definition) is 5. The van der Waals surface area contributed by atoms with E-state index in [0.717, 1.165) is 41.5 Å². The van der Waals surface area contributed by atoms with Crippen LogP contribution in [0.4, 0.5) is 4.39 Å². The minimum atomic E-state index is -0.424. The lowest BCUT2D eigenvalue weighted by Crippen LogP contribution is -2.20. The number of benzene rings is 1. The highest BCUT2D eigenvalue weighted by molar-refractivity contribution is 7.14. The molecule has 0 bridgehead atoms. The van der Waals surface area contributed by atoms with Gasteiger partial charge in [-0.3, -0.25) is 0 Å². The summed E-state index contributed by atoms with van der Waals surface area (Å²) in [7, 11) is 1.69. The van der Waals surface area contributed by atoms with Crippen molar-refractivity contribution in [2.24, 2.45) is 0 Å². The Labute approximate surface area is 132 Å². The van der Waals surface area contributed by atoms with Crippen molar-refractivity contribution in [2.45, 2.75) is 12.8 Å². The van der Waals surface area contributed by atoms with E-state index >= 15 is 0 Å². The molecule has 0 aliphatic carbocycles. The second-order valence-corrected chi connectivity index (χ2v) is 5.95. The third kappa shape index (κ3) is 5.00. The first kappa shape index (κ1) is 16.3. The molecule has 0 radical (unpaired) electrons. The van der Waals surface area contributed by atoms with Crippen LogP contribution in [0.3, 0.4) is 0 Å². The van der Waals surface area contributed by atoms with E-state index in [2.05, 4.69) is 15.5 Å². The molecule has 1 aromatic heterocycles. The molecular formula is C14H17ClFN3OS. The molecule has 0 spiro atoms. The molecule has 0 fully saturated rings. The Hall–Kier alpha value is -1.08. The molecule has 0 atom stereocenters. The summed E-state index contributed by atoms with van der Waals surface area (Å²) in [6.45, 7) is 2.49. The number of hydrogen-bond donors (Lipinski definition) is 1. The largest absolute Gasteiger partial charge is 0.383 e. The number of halogens is 2. The van der Waals surface area contributed by atoms with Crippen LogP contribution in [0.25, 0.3) is 10.6 Å². The van der Waals surface area contributed by atoms with E-state index in [4.69, 9.17) is 16.3 Å². The molecule has 2 aromatic rings. The van der Waals surface area contributed by atoms with Gasteiger partial charge in [0.2, 0.25) is 0 Å². The van der Waals surface area contributed by atoms with Crippen LogP contribution in [0.2, 0.25) is 5.02 Å². The van der Waals surface area contributed by atoms with Gasteiger partial charge < -0.3 is 10.1 Å². The standard InChI is InChI=1S/C14H17ClFN3OS/c1-20-8-7-17-6-2-3-13-18-19-14(21-13)10-4-5-12(16)11(15)9-10/h4-5,9,17H,2-3,6-8H2,1H3. The Morgan fingerprint density at radius 2 is 2.19 bits per heavy atom. The Bertz CT molecular complexity index is 579. The first-order chi connectivity index (χ1) is 10.2. The fraction of sp³-hybridized carbons (Fsp3) is 0.429. The van der Waals surface area contributed by atoms with E-state index < -0.39 is 5.82 Å². The lowest BCUT2D eigenvalue weighted by Gasteiger charge is -2.01. The van der Waals surface area contributed by atoms with E-state index in [1.807, 2.05) is 0 Å². The molecule has 1 aromatic carbocycles. The monoisotopic (exact) mass is 329 g/mol. The summed E-state index contributed by atoms with van der Waals surface area (Å²) in [5, 5.41) is 13.4. The quantitative estimate of drug-likeness (QED) is 0.756. The van der Waals surface area contributed by atoms with Crippen LogP contribution in [0.1, 0.15) is 11.4 Å². The van der Waals surface area contributed by atoms with Gasteiger partial charge in [0.05, 0.1) is 11.6 Å². The topological polar surface area (TPSA) is 47.0 Å². The molecule has 1 heterocycles. The maximum absolute atomic E-state index is 13.1. The van der Waals surface area contributed by atoms with Crippen molar-refractivity contribution in [3.63, 3.8) is 0 Å². The summed E-state index contributed by atoms with van der Waals surface area (Å²) >= 11 is 7.29. The van der Waals surface area contributed by atoms with Gasteiger partial charge >= 0.3 is 0 Å². The molecule has 0 saturated carbocycles.